The Kier molecular flexibility index (Phi) is 18.5. The summed E-state index contributed by atoms with van der Waals surface area (Å²) in [5.41, 5.74) is 4.57. The maximum atomic E-state index is 9.82. The zero-order valence-corrected chi connectivity index (χ0v) is 7.89. The standard InChI is InChI=1S/C4H8O2.C2H5NO2.ClH/c1-3-6-4(2)5;3-1-2(4)5;/h3H2,1-2H3;1,3H2,(H,4,5);1H. The Hall–Kier alpha value is -0.810. The van der Waals surface area contributed by atoms with Gasteiger partial charge >= 0.3 is 11.9 Å². The summed E-state index contributed by atoms with van der Waals surface area (Å²) >= 11 is 0. The molecule has 0 amide bonds. The Morgan fingerprint density at radius 1 is 1.50 bits per heavy atom. The number of ether oxygens (including phenoxy) is 1. The van der Waals surface area contributed by atoms with E-state index in [0.29, 0.717) is 6.61 Å². The van der Waals surface area contributed by atoms with Crippen molar-refractivity contribution in [1.29, 1.82) is 0 Å². The molecule has 0 aliphatic heterocycles. The smallest absolute Gasteiger partial charge is 0.317 e. The van der Waals surface area contributed by atoms with Crippen molar-refractivity contribution in [3.63, 3.8) is 0 Å². The van der Waals surface area contributed by atoms with Gasteiger partial charge in [-0.1, -0.05) is 0 Å². The zero-order valence-electron chi connectivity index (χ0n) is 7.07. The molecule has 0 unspecified atom stereocenters. The van der Waals surface area contributed by atoms with Gasteiger partial charge < -0.3 is 15.6 Å². The van der Waals surface area contributed by atoms with Crippen molar-refractivity contribution < 1.29 is 19.4 Å². The van der Waals surface area contributed by atoms with Crippen LogP contribution in [0.5, 0.6) is 0 Å². The molecule has 0 rings (SSSR count). The highest BCUT2D eigenvalue weighted by Crippen LogP contribution is 1.69. The molecular formula is C6H14ClNO4. The Bertz CT molecular complexity index is 129. The average Bonchev–Trinajstić information content (AvgIpc) is 1.89. The van der Waals surface area contributed by atoms with E-state index in [1.54, 1.807) is 6.92 Å². The van der Waals surface area contributed by atoms with Crippen molar-refractivity contribution in [2.24, 2.45) is 5.73 Å². The first kappa shape index (κ1) is 17.3. The van der Waals surface area contributed by atoms with Crippen LogP contribution in [0.3, 0.4) is 0 Å². The minimum atomic E-state index is -0.968. The Morgan fingerprint density at radius 2 is 1.83 bits per heavy atom. The minimum Gasteiger partial charge on any atom is -0.480 e. The highest BCUT2D eigenvalue weighted by molar-refractivity contribution is 5.85. The summed E-state index contributed by atoms with van der Waals surface area (Å²) in [5, 5.41) is 7.60. The van der Waals surface area contributed by atoms with Crippen LogP contribution in [0.4, 0.5) is 0 Å². The van der Waals surface area contributed by atoms with E-state index in [2.05, 4.69) is 10.5 Å². The number of aliphatic carboxylic acids is 1. The molecule has 12 heavy (non-hydrogen) atoms. The predicted molar refractivity (Wildman–Crippen MR) is 46.2 cm³/mol. The second kappa shape index (κ2) is 12.8. The number of carbonyl (C=O) groups is 2. The van der Waals surface area contributed by atoms with E-state index in [-0.39, 0.29) is 24.9 Å². The number of carboxylic acid groups (broad SMARTS) is 1. The van der Waals surface area contributed by atoms with E-state index < -0.39 is 5.97 Å². The lowest BCUT2D eigenvalue weighted by atomic mass is 10.7. The molecule has 0 heterocycles. The zero-order chi connectivity index (χ0) is 9.28. The van der Waals surface area contributed by atoms with Gasteiger partial charge in [0.2, 0.25) is 0 Å². The summed E-state index contributed by atoms with van der Waals surface area (Å²) in [5.74, 6) is -1.18. The van der Waals surface area contributed by atoms with Gasteiger partial charge in [-0.15, -0.1) is 12.4 Å². The highest BCUT2D eigenvalue weighted by Gasteiger charge is 1.81. The number of rotatable bonds is 2. The van der Waals surface area contributed by atoms with Crippen LogP contribution >= 0.6 is 12.4 Å². The van der Waals surface area contributed by atoms with Crippen LogP contribution in [0.15, 0.2) is 0 Å². The molecule has 0 aliphatic rings. The second-order valence-electron chi connectivity index (χ2n) is 1.52. The fraction of sp³-hybridized carbons (Fsp3) is 0.667. The molecule has 0 saturated carbocycles. The second-order valence-corrected chi connectivity index (χ2v) is 1.52. The summed E-state index contributed by atoms with van der Waals surface area (Å²) < 4.78 is 4.40. The van der Waals surface area contributed by atoms with Gasteiger partial charge in [0.15, 0.2) is 0 Å². The van der Waals surface area contributed by atoms with E-state index in [4.69, 9.17) is 5.11 Å². The fourth-order valence-corrected chi connectivity index (χ4v) is 0.203. The molecule has 0 aliphatic carbocycles. The molecule has 0 atom stereocenters. The Labute approximate surface area is 77.3 Å². The van der Waals surface area contributed by atoms with Crippen LogP contribution in [-0.2, 0) is 14.3 Å². The van der Waals surface area contributed by atoms with Crippen LogP contribution in [0, 0.1) is 0 Å². The number of hydrogen-bond donors (Lipinski definition) is 2. The molecule has 0 aromatic heterocycles. The number of nitrogens with two attached hydrogens (primary N) is 1. The Morgan fingerprint density at radius 3 is 1.83 bits per heavy atom. The maximum absolute atomic E-state index is 9.82. The number of halogens is 1. The van der Waals surface area contributed by atoms with Crippen molar-refractivity contribution >= 4 is 24.3 Å². The lowest BCUT2D eigenvalue weighted by Crippen LogP contribution is -2.10. The van der Waals surface area contributed by atoms with Gasteiger partial charge in [-0.05, 0) is 6.92 Å². The van der Waals surface area contributed by atoms with E-state index in [0.717, 1.165) is 0 Å². The number of carbonyl (C=O) groups excluding carboxylic acids is 1. The normalized spacial score (nSPS) is 6.92. The van der Waals surface area contributed by atoms with Gasteiger partial charge in [-0.3, -0.25) is 9.59 Å². The molecule has 0 radical (unpaired) electrons. The fourth-order valence-electron chi connectivity index (χ4n) is 0.203. The van der Waals surface area contributed by atoms with E-state index in [1.165, 1.54) is 6.92 Å². The molecular weight excluding hydrogens is 186 g/mol. The summed E-state index contributed by atoms with van der Waals surface area (Å²) in [7, 11) is 0. The molecule has 0 fully saturated rings. The first-order valence-corrected chi connectivity index (χ1v) is 3.09. The van der Waals surface area contributed by atoms with Crippen molar-refractivity contribution in [2.75, 3.05) is 13.2 Å². The number of carboxylic acids is 1. The van der Waals surface area contributed by atoms with Crippen LogP contribution in [0.1, 0.15) is 13.8 Å². The van der Waals surface area contributed by atoms with Gasteiger partial charge in [-0.2, -0.15) is 0 Å². The van der Waals surface area contributed by atoms with Crippen LogP contribution in [-0.4, -0.2) is 30.2 Å². The van der Waals surface area contributed by atoms with Crippen molar-refractivity contribution in [1.82, 2.24) is 0 Å². The third-order valence-electron chi connectivity index (χ3n) is 0.522. The van der Waals surface area contributed by atoms with Gasteiger partial charge in [0, 0.05) is 6.92 Å². The summed E-state index contributed by atoms with van der Waals surface area (Å²) in [4.78, 5) is 19.1. The van der Waals surface area contributed by atoms with E-state index >= 15 is 0 Å². The molecule has 3 N–H and O–H groups in total. The summed E-state index contributed by atoms with van der Waals surface area (Å²) in [6, 6.07) is 0. The van der Waals surface area contributed by atoms with E-state index in [9.17, 15) is 9.59 Å². The molecule has 74 valence electrons. The molecule has 0 aromatic rings. The summed E-state index contributed by atoms with van der Waals surface area (Å²) in [6.45, 7) is 3.38. The average molecular weight is 200 g/mol. The van der Waals surface area contributed by atoms with Crippen LogP contribution < -0.4 is 5.73 Å². The van der Waals surface area contributed by atoms with E-state index in [1.807, 2.05) is 0 Å². The third-order valence-corrected chi connectivity index (χ3v) is 0.522. The maximum Gasteiger partial charge on any atom is 0.317 e. The SMILES string of the molecule is CCOC(C)=O.Cl.NCC(=O)O. The van der Waals surface area contributed by atoms with Crippen LogP contribution in [0.2, 0.25) is 0 Å². The molecule has 5 nitrogen and oxygen atoms in total. The topological polar surface area (TPSA) is 89.6 Å². The van der Waals surface area contributed by atoms with Gasteiger partial charge in [0.05, 0.1) is 13.2 Å². The lowest BCUT2D eigenvalue weighted by Gasteiger charge is -1.89. The van der Waals surface area contributed by atoms with Crippen molar-refractivity contribution in [3.05, 3.63) is 0 Å². The monoisotopic (exact) mass is 199 g/mol. The van der Waals surface area contributed by atoms with Crippen molar-refractivity contribution in [2.45, 2.75) is 13.8 Å². The third kappa shape index (κ3) is 35.1. The van der Waals surface area contributed by atoms with Gasteiger partial charge in [0.1, 0.15) is 0 Å². The van der Waals surface area contributed by atoms with Gasteiger partial charge in [0.25, 0.3) is 0 Å². The van der Waals surface area contributed by atoms with Crippen LogP contribution in [0.25, 0.3) is 0 Å². The number of esters is 1. The minimum absolute atomic E-state index is 0. The highest BCUT2D eigenvalue weighted by atomic mass is 35.5. The predicted octanol–water partition coefficient (Wildman–Crippen LogP) is 0.0209. The molecule has 0 spiro atoms. The lowest BCUT2D eigenvalue weighted by molar-refractivity contribution is -0.140. The first-order chi connectivity index (χ1) is 5.04. The largest absolute Gasteiger partial charge is 0.480 e. The molecule has 0 saturated heterocycles. The Balaban J connectivity index is -0.000000126. The molecule has 0 aromatic carbocycles. The quantitative estimate of drug-likeness (QED) is 0.612. The summed E-state index contributed by atoms with van der Waals surface area (Å²) in [6.07, 6.45) is 0. The first-order valence-electron chi connectivity index (χ1n) is 3.09. The molecule has 0 bridgehead atoms. The van der Waals surface area contributed by atoms with Crippen molar-refractivity contribution in [3.8, 4) is 0 Å². The molecule has 6 heteroatoms. The van der Waals surface area contributed by atoms with Gasteiger partial charge in [-0.25, -0.2) is 0 Å². The number of hydrogen-bond acceptors (Lipinski definition) is 4.